The highest BCUT2D eigenvalue weighted by Crippen LogP contribution is 2.32. The zero-order valence-corrected chi connectivity index (χ0v) is 22.8. The Hall–Kier alpha value is -3.63. The molecule has 2 amide bonds. The molecular weight excluding hydrogens is 515 g/mol. The fourth-order valence-corrected chi connectivity index (χ4v) is 4.31. The summed E-state index contributed by atoms with van der Waals surface area (Å²) in [4.78, 5) is 39.1. The second kappa shape index (κ2) is 12.3. The Morgan fingerprint density at radius 1 is 1.08 bits per heavy atom. The molecule has 0 aliphatic heterocycles. The van der Waals surface area contributed by atoms with E-state index in [1.165, 1.54) is 17.9 Å². The number of nitrogens with zero attached hydrogens (tertiary/aromatic N) is 2. The van der Waals surface area contributed by atoms with Gasteiger partial charge in [0.15, 0.2) is 0 Å². The Bertz CT molecular complexity index is 1370. The maximum absolute atomic E-state index is 13.8. The highest BCUT2D eigenvalue weighted by molar-refractivity contribution is 6.31. The number of methoxy groups -OCH3 is 1. The highest BCUT2D eigenvalue weighted by atomic mass is 35.5. The Morgan fingerprint density at radius 3 is 2.32 bits per heavy atom. The molecule has 1 aromatic heterocycles. The number of anilines is 2. The molecule has 2 aromatic carbocycles. The van der Waals surface area contributed by atoms with Crippen LogP contribution in [0, 0.1) is 11.2 Å². The van der Waals surface area contributed by atoms with Crippen LogP contribution in [0.1, 0.15) is 39.3 Å². The molecule has 0 unspecified atom stereocenters. The van der Waals surface area contributed by atoms with Gasteiger partial charge in [-0.05, 0) is 30.5 Å². The number of hydrogen-bond acceptors (Lipinski definition) is 5. The van der Waals surface area contributed by atoms with E-state index in [0.717, 1.165) is 6.07 Å². The summed E-state index contributed by atoms with van der Waals surface area (Å²) in [6.07, 6.45) is -0.0794. The summed E-state index contributed by atoms with van der Waals surface area (Å²) < 4.78 is 27.6. The average Bonchev–Trinajstić information content (AvgIpc) is 3.06. The number of halogens is 2. The fraction of sp³-hybridized carbons (Fsp3) is 0.370. The quantitative estimate of drug-likeness (QED) is 0.356. The van der Waals surface area contributed by atoms with Crippen LogP contribution in [0.3, 0.4) is 0 Å². The Balaban J connectivity index is 1.75. The first kappa shape index (κ1) is 28.9. The van der Waals surface area contributed by atoms with Gasteiger partial charge in [-0.25, -0.2) is 9.07 Å². The number of aromatic nitrogens is 2. The molecule has 3 rings (SSSR count). The summed E-state index contributed by atoms with van der Waals surface area (Å²) in [5, 5.41) is 5.26. The number of hydrogen-bond donors (Lipinski definition) is 2. The molecule has 0 spiro atoms. The molecule has 0 radical (unpaired) electrons. The molecule has 0 aliphatic carbocycles. The van der Waals surface area contributed by atoms with Gasteiger partial charge in [0.2, 0.25) is 11.8 Å². The van der Waals surface area contributed by atoms with Crippen LogP contribution in [0.15, 0.2) is 47.3 Å². The van der Waals surface area contributed by atoms with Gasteiger partial charge in [0.05, 0.1) is 35.3 Å². The normalized spacial score (nSPS) is 11.3. The lowest BCUT2D eigenvalue weighted by Gasteiger charge is -2.23. The molecule has 0 saturated carbocycles. The Kier molecular flexibility index (Phi) is 9.35. The van der Waals surface area contributed by atoms with Crippen LogP contribution in [0.4, 0.5) is 15.8 Å². The molecule has 38 heavy (non-hydrogen) atoms. The second-order valence-electron chi connectivity index (χ2n) is 9.54. The van der Waals surface area contributed by atoms with Gasteiger partial charge in [-0.2, -0.15) is 0 Å². The minimum atomic E-state index is -0.779. The summed E-state index contributed by atoms with van der Waals surface area (Å²) in [5.41, 5.74) is 0.317. The number of para-hydroxylation sites is 1. The van der Waals surface area contributed by atoms with Crippen molar-refractivity contribution in [1.29, 1.82) is 0 Å². The summed E-state index contributed by atoms with van der Waals surface area (Å²) in [6.45, 7) is 5.63. The average molecular weight is 547 g/mol. The van der Waals surface area contributed by atoms with Crippen molar-refractivity contribution >= 4 is 34.8 Å². The van der Waals surface area contributed by atoms with Gasteiger partial charge in [-0.1, -0.05) is 43.6 Å². The number of carbonyl (C=O) groups excluding carboxylic acids is 2. The number of amides is 2. The van der Waals surface area contributed by atoms with E-state index < -0.39 is 28.6 Å². The molecular formula is C27H32ClFN4O5. The predicted octanol–water partition coefficient (Wildman–Crippen LogP) is 4.90. The van der Waals surface area contributed by atoms with Crippen LogP contribution in [-0.2, 0) is 28.0 Å². The molecule has 0 aliphatic rings. The van der Waals surface area contributed by atoms with E-state index in [-0.39, 0.29) is 48.2 Å². The molecule has 0 atom stereocenters. The van der Waals surface area contributed by atoms with Crippen LogP contribution >= 0.6 is 11.6 Å². The zero-order chi connectivity index (χ0) is 28.0. The minimum absolute atomic E-state index is 0.0328. The predicted molar refractivity (Wildman–Crippen MR) is 145 cm³/mol. The van der Waals surface area contributed by atoms with E-state index in [1.54, 1.807) is 44.6 Å². The highest BCUT2D eigenvalue weighted by Gasteiger charge is 2.28. The smallest absolute Gasteiger partial charge is 0.295 e. The van der Waals surface area contributed by atoms with Gasteiger partial charge in [0, 0.05) is 33.1 Å². The lowest BCUT2D eigenvalue weighted by atomic mass is 9.85. The SMILES string of the molecule is CCOc1cc(F)c(Cl)cc1NC(=O)CC(C)(C)CC(=O)Nc1c(COC)n(C)n(-c2ccccc2)c1=O. The molecule has 0 fully saturated rings. The third-order valence-corrected chi connectivity index (χ3v) is 6.10. The van der Waals surface area contributed by atoms with Gasteiger partial charge in [-0.3, -0.25) is 19.1 Å². The van der Waals surface area contributed by atoms with Crippen LogP contribution in [0.5, 0.6) is 5.75 Å². The van der Waals surface area contributed by atoms with Crippen LogP contribution in [0.2, 0.25) is 5.02 Å². The zero-order valence-electron chi connectivity index (χ0n) is 22.1. The molecule has 9 nitrogen and oxygen atoms in total. The Labute approximate surface area is 225 Å². The van der Waals surface area contributed by atoms with Crippen LogP contribution < -0.4 is 20.9 Å². The van der Waals surface area contributed by atoms with Crippen molar-refractivity contribution in [3.05, 3.63) is 69.4 Å². The number of carbonyl (C=O) groups is 2. The van der Waals surface area contributed by atoms with E-state index in [0.29, 0.717) is 11.4 Å². The van der Waals surface area contributed by atoms with Crippen molar-refractivity contribution in [2.75, 3.05) is 24.4 Å². The van der Waals surface area contributed by atoms with Gasteiger partial charge < -0.3 is 20.1 Å². The van der Waals surface area contributed by atoms with Gasteiger partial charge in [0.25, 0.3) is 5.56 Å². The number of nitrogens with one attached hydrogen (secondary N) is 2. The molecule has 0 bridgehead atoms. The van der Waals surface area contributed by atoms with Crippen LogP contribution in [0.25, 0.3) is 5.69 Å². The third-order valence-electron chi connectivity index (χ3n) is 5.81. The monoisotopic (exact) mass is 546 g/mol. The Morgan fingerprint density at radius 2 is 1.71 bits per heavy atom. The summed E-state index contributed by atoms with van der Waals surface area (Å²) in [7, 11) is 3.22. The maximum atomic E-state index is 13.8. The number of rotatable bonds is 11. The van der Waals surface area contributed by atoms with Crippen molar-refractivity contribution < 1.29 is 23.5 Å². The first-order chi connectivity index (χ1) is 18.0. The topological polar surface area (TPSA) is 104 Å². The first-order valence-electron chi connectivity index (χ1n) is 12.0. The standard InChI is InChI=1S/C27H32ClFN4O5/c1-6-38-22-13-19(29)18(28)12-20(22)30-23(34)14-27(2,3)15-24(35)31-25-21(16-37-5)32(4)33(26(25)36)17-10-8-7-9-11-17/h7-13H,6,14-16H2,1-5H3,(H,30,34)(H,31,35). The summed E-state index contributed by atoms with van der Waals surface area (Å²) in [5.74, 6) is -1.34. The molecule has 204 valence electrons. The lowest BCUT2D eigenvalue weighted by Crippen LogP contribution is -2.29. The third kappa shape index (κ3) is 6.81. The van der Waals surface area contributed by atoms with E-state index in [1.807, 2.05) is 18.2 Å². The molecule has 0 saturated heterocycles. The fourth-order valence-electron chi connectivity index (χ4n) is 4.15. The lowest BCUT2D eigenvalue weighted by molar-refractivity contribution is -0.120. The minimum Gasteiger partial charge on any atom is -0.492 e. The van der Waals surface area contributed by atoms with Gasteiger partial charge in [-0.15, -0.1) is 0 Å². The van der Waals surface area contributed by atoms with Gasteiger partial charge >= 0.3 is 0 Å². The van der Waals surface area contributed by atoms with E-state index in [9.17, 15) is 18.8 Å². The molecule has 3 aromatic rings. The van der Waals surface area contributed by atoms with Crippen LogP contribution in [-0.4, -0.2) is 34.9 Å². The largest absolute Gasteiger partial charge is 0.492 e. The molecule has 2 N–H and O–H groups in total. The van der Waals surface area contributed by atoms with Crippen molar-refractivity contribution in [3.63, 3.8) is 0 Å². The molecule has 1 heterocycles. The number of benzene rings is 2. The summed E-state index contributed by atoms with van der Waals surface area (Å²) >= 11 is 5.88. The van der Waals surface area contributed by atoms with Gasteiger partial charge in [0.1, 0.15) is 17.3 Å². The van der Waals surface area contributed by atoms with Crippen molar-refractivity contribution in [2.24, 2.45) is 12.5 Å². The van der Waals surface area contributed by atoms with Crippen molar-refractivity contribution in [2.45, 2.75) is 40.2 Å². The van der Waals surface area contributed by atoms with E-state index >= 15 is 0 Å². The molecule has 11 heteroatoms. The van der Waals surface area contributed by atoms with E-state index in [2.05, 4.69) is 10.6 Å². The summed E-state index contributed by atoms with van der Waals surface area (Å²) in [6, 6.07) is 11.4. The van der Waals surface area contributed by atoms with E-state index in [4.69, 9.17) is 21.1 Å². The number of ether oxygens (including phenoxy) is 2. The first-order valence-corrected chi connectivity index (χ1v) is 12.4. The van der Waals surface area contributed by atoms with Crippen molar-refractivity contribution in [1.82, 2.24) is 9.36 Å². The van der Waals surface area contributed by atoms with Crippen molar-refractivity contribution in [3.8, 4) is 11.4 Å². The second-order valence-corrected chi connectivity index (χ2v) is 9.95. The maximum Gasteiger partial charge on any atom is 0.295 e.